The Morgan fingerprint density at radius 2 is 1.84 bits per heavy atom. The standard InChI is InChI=1S/C12H22N2O5/c1-5-8(6-10(16)17)14-9(15)7-13-11(18)19-12(2,3)4/h8H,5-7H2,1-4H3,(H,13,18)(H,14,15)(H,16,17). The molecule has 7 heteroatoms. The number of hydrogen-bond acceptors (Lipinski definition) is 4. The number of ether oxygens (including phenoxy) is 1. The van der Waals surface area contributed by atoms with Crippen LogP contribution in [-0.4, -0.2) is 41.3 Å². The lowest BCUT2D eigenvalue weighted by atomic mass is 10.1. The number of carbonyl (C=O) groups excluding carboxylic acids is 2. The zero-order valence-corrected chi connectivity index (χ0v) is 11.8. The van der Waals surface area contributed by atoms with Gasteiger partial charge >= 0.3 is 12.1 Å². The van der Waals surface area contributed by atoms with E-state index in [-0.39, 0.29) is 13.0 Å². The van der Waals surface area contributed by atoms with E-state index in [1.165, 1.54) is 0 Å². The van der Waals surface area contributed by atoms with Gasteiger partial charge in [0.15, 0.2) is 0 Å². The molecule has 1 unspecified atom stereocenters. The molecule has 19 heavy (non-hydrogen) atoms. The van der Waals surface area contributed by atoms with Gasteiger partial charge in [-0.1, -0.05) is 6.92 Å². The van der Waals surface area contributed by atoms with Gasteiger partial charge in [-0.25, -0.2) is 4.79 Å². The molecule has 110 valence electrons. The highest BCUT2D eigenvalue weighted by atomic mass is 16.6. The third kappa shape index (κ3) is 9.87. The largest absolute Gasteiger partial charge is 0.481 e. The number of carbonyl (C=O) groups is 3. The first-order chi connectivity index (χ1) is 8.64. The summed E-state index contributed by atoms with van der Waals surface area (Å²) in [7, 11) is 0. The Bertz CT molecular complexity index is 336. The van der Waals surface area contributed by atoms with Gasteiger partial charge < -0.3 is 20.5 Å². The van der Waals surface area contributed by atoms with Gasteiger partial charge in [-0.15, -0.1) is 0 Å². The third-order valence-electron chi connectivity index (χ3n) is 2.07. The first kappa shape index (κ1) is 17.2. The van der Waals surface area contributed by atoms with Crippen molar-refractivity contribution in [2.75, 3.05) is 6.54 Å². The molecule has 0 radical (unpaired) electrons. The SMILES string of the molecule is CCC(CC(=O)O)NC(=O)CNC(=O)OC(C)(C)C. The molecule has 0 aliphatic heterocycles. The highest BCUT2D eigenvalue weighted by Gasteiger charge is 2.18. The normalized spacial score (nSPS) is 12.4. The van der Waals surface area contributed by atoms with Crippen molar-refractivity contribution in [3.8, 4) is 0 Å². The van der Waals surface area contributed by atoms with E-state index < -0.39 is 29.6 Å². The highest BCUT2D eigenvalue weighted by Crippen LogP contribution is 2.06. The van der Waals surface area contributed by atoms with Gasteiger partial charge in [0.25, 0.3) is 0 Å². The van der Waals surface area contributed by atoms with Crippen molar-refractivity contribution >= 4 is 18.0 Å². The summed E-state index contributed by atoms with van der Waals surface area (Å²) in [4.78, 5) is 33.3. The van der Waals surface area contributed by atoms with Crippen LogP contribution >= 0.6 is 0 Å². The van der Waals surface area contributed by atoms with Gasteiger partial charge in [0.1, 0.15) is 12.1 Å². The molecule has 0 rings (SSSR count). The van der Waals surface area contributed by atoms with Gasteiger partial charge in [-0.05, 0) is 27.2 Å². The van der Waals surface area contributed by atoms with E-state index in [2.05, 4.69) is 10.6 Å². The smallest absolute Gasteiger partial charge is 0.408 e. The molecule has 0 aromatic rings. The summed E-state index contributed by atoms with van der Waals surface area (Å²) in [6.07, 6.45) is -0.326. The van der Waals surface area contributed by atoms with E-state index >= 15 is 0 Å². The topological polar surface area (TPSA) is 105 Å². The van der Waals surface area contributed by atoms with Gasteiger partial charge in [0, 0.05) is 6.04 Å². The minimum absolute atomic E-state index is 0.144. The van der Waals surface area contributed by atoms with Gasteiger partial charge in [-0.3, -0.25) is 9.59 Å². The Balaban J connectivity index is 4.04. The number of carboxylic acid groups (broad SMARTS) is 1. The number of hydrogen-bond donors (Lipinski definition) is 3. The van der Waals surface area contributed by atoms with E-state index in [9.17, 15) is 14.4 Å². The summed E-state index contributed by atoms with van der Waals surface area (Å²) >= 11 is 0. The van der Waals surface area contributed by atoms with Crippen molar-refractivity contribution in [1.29, 1.82) is 0 Å². The second-order valence-electron chi connectivity index (χ2n) is 5.13. The van der Waals surface area contributed by atoms with Crippen LogP contribution in [0.15, 0.2) is 0 Å². The van der Waals surface area contributed by atoms with Crippen LogP contribution in [0.5, 0.6) is 0 Å². The van der Waals surface area contributed by atoms with Crippen LogP contribution in [0, 0.1) is 0 Å². The fraction of sp³-hybridized carbons (Fsp3) is 0.750. The van der Waals surface area contributed by atoms with Crippen molar-refractivity contribution < 1.29 is 24.2 Å². The molecule has 0 aliphatic rings. The molecule has 0 aromatic heterocycles. The molecule has 0 saturated carbocycles. The molecule has 0 fully saturated rings. The zero-order chi connectivity index (χ0) is 15.1. The first-order valence-electron chi connectivity index (χ1n) is 6.12. The number of carboxylic acids is 1. The molecular formula is C12H22N2O5. The molecular weight excluding hydrogens is 252 g/mol. The molecule has 1 atom stereocenters. The Kier molecular flexibility index (Phi) is 6.89. The zero-order valence-electron chi connectivity index (χ0n) is 11.8. The molecule has 2 amide bonds. The Morgan fingerprint density at radius 3 is 2.26 bits per heavy atom. The van der Waals surface area contributed by atoms with Gasteiger partial charge in [-0.2, -0.15) is 0 Å². The number of nitrogens with one attached hydrogen (secondary N) is 2. The second-order valence-corrected chi connectivity index (χ2v) is 5.13. The van der Waals surface area contributed by atoms with E-state index in [1.54, 1.807) is 27.7 Å². The summed E-state index contributed by atoms with van der Waals surface area (Å²) in [5.41, 5.74) is -0.629. The van der Waals surface area contributed by atoms with Gasteiger partial charge in [0.05, 0.1) is 6.42 Å². The monoisotopic (exact) mass is 274 g/mol. The average Bonchev–Trinajstić information content (AvgIpc) is 2.22. The molecule has 0 heterocycles. The lowest BCUT2D eigenvalue weighted by Crippen LogP contribution is -2.43. The molecule has 0 spiro atoms. The fourth-order valence-electron chi connectivity index (χ4n) is 1.25. The van der Waals surface area contributed by atoms with E-state index in [1.807, 2.05) is 0 Å². The lowest BCUT2D eigenvalue weighted by Gasteiger charge is -2.20. The Hall–Kier alpha value is -1.79. The number of alkyl carbamates (subject to hydrolysis) is 1. The summed E-state index contributed by atoms with van der Waals surface area (Å²) in [5.74, 6) is -1.42. The number of amides is 2. The summed E-state index contributed by atoms with van der Waals surface area (Å²) < 4.78 is 4.96. The van der Waals surface area contributed by atoms with Gasteiger partial charge in [0.2, 0.25) is 5.91 Å². The quantitative estimate of drug-likeness (QED) is 0.667. The summed E-state index contributed by atoms with van der Waals surface area (Å²) in [5, 5.41) is 13.5. The first-order valence-corrected chi connectivity index (χ1v) is 6.12. The number of rotatable bonds is 6. The second kappa shape index (κ2) is 7.60. The van der Waals surface area contributed by atoms with Crippen molar-refractivity contribution in [2.45, 2.75) is 52.2 Å². The van der Waals surface area contributed by atoms with E-state index in [0.717, 1.165) is 0 Å². The summed E-state index contributed by atoms with van der Waals surface area (Å²) in [6.45, 7) is 6.67. The molecule has 7 nitrogen and oxygen atoms in total. The van der Waals surface area contributed by atoms with E-state index in [0.29, 0.717) is 6.42 Å². The van der Waals surface area contributed by atoms with Crippen LogP contribution in [0.4, 0.5) is 4.79 Å². The summed E-state index contributed by atoms with van der Waals surface area (Å²) in [6, 6.07) is -0.439. The van der Waals surface area contributed by atoms with Crippen LogP contribution < -0.4 is 10.6 Å². The number of aliphatic carboxylic acids is 1. The maximum absolute atomic E-state index is 11.5. The fourth-order valence-corrected chi connectivity index (χ4v) is 1.25. The molecule has 0 bridgehead atoms. The predicted molar refractivity (Wildman–Crippen MR) is 68.7 cm³/mol. The molecule has 0 saturated heterocycles. The van der Waals surface area contributed by atoms with Crippen LogP contribution in [0.25, 0.3) is 0 Å². The Labute approximate surface area is 112 Å². The molecule has 0 aliphatic carbocycles. The third-order valence-corrected chi connectivity index (χ3v) is 2.07. The maximum atomic E-state index is 11.5. The van der Waals surface area contributed by atoms with E-state index in [4.69, 9.17) is 9.84 Å². The predicted octanol–water partition coefficient (Wildman–Crippen LogP) is 0.881. The maximum Gasteiger partial charge on any atom is 0.408 e. The minimum atomic E-state index is -0.979. The lowest BCUT2D eigenvalue weighted by molar-refractivity contribution is -0.137. The van der Waals surface area contributed by atoms with Crippen molar-refractivity contribution in [1.82, 2.24) is 10.6 Å². The van der Waals surface area contributed by atoms with Crippen molar-refractivity contribution in [2.24, 2.45) is 0 Å². The van der Waals surface area contributed by atoms with Crippen LogP contribution in [0.3, 0.4) is 0 Å². The Morgan fingerprint density at radius 1 is 1.26 bits per heavy atom. The van der Waals surface area contributed by atoms with Crippen LogP contribution in [0.1, 0.15) is 40.5 Å². The highest BCUT2D eigenvalue weighted by molar-refractivity contribution is 5.82. The van der Waals surface area contributed by atoms with Crippen LogP contribution in [-0.2, 0) is 14.3 Å². The molecule has 3 N–H and O–H groups in total. The minimum Gasteiger partial charge on any atom is -0.481 e. The average molecular weight is 274 g/mol. The molecule has 0 aromatic carbocycles. The van der Waals surface area contributed by atoms with Crippen molar-refractivity contribution in [3.05, 3.63) is 0 Å². The van der Waals surface area contributed by atoms with Crippen molar-refractivity contribution in [3.63, 3.8) is 0 Å². The van der Waals surface area contributed by atoms with Crippen LogP contribution in [0.2, 0.25) is 0 Å².